The van der Waals surface area contributed by atoms with Crippen LogP contribution in [0.4, 0.5) is 15.8 Å². The van der Waals surface area contributed by atoms with Crippen LogP contribution in [0.5, 0.6) is 0 Å². The Morgan fingerprint density at radius 1 is 0.909 bits per heavy atom. The van der Waals surface area contributed by atoms with E-state index in [1.165, 1.54) is 47.5 Å². The molecule has 3 atom stereocenters. The normalized spacial score (nSPS) is 22.1. The van der Waals surface area contributed by atoms with Gasteiger partial charge in [-0.15, -0.1) is 0 Å². The van der Waals surface area contributed by atoms with Gasteiger partial charge in [0.2, 0.25) is 5.91 Å². The summed E-state index contributed by atoms with van der Waals surface area (Å²) in [6, 6.07) is 17.3. The van der Waals surface area contributed by atoms with Crippen LogP contribution in [0.15, 0.2) is 72.8 Å². The number of aromatic carboxylic acids is 1. The van der Waals surface area contributed by atoms with Crippen LogP contribution in [0.1, 0.15) is 22.0 Å². The van der Waals surface area contributed by atoms with Crippen molar-refractivity contribution >= 4 is 40.8 Å². The van der Waals surface area contributed by atoms with Gasteiger partial charge in [-0.05, 0) is 48.5 Å². The minimum Gasteiger partial charge on any atom is -0.478 e. The largest absolute Gasteiger partial charge is 0.478 e. The van der Waals surface area contributed by atoms with E-state index in [2.05, 4.69) is 0 Å². The molecular formula is C24H16ClFN2O5. The molecule has 0 aliphatic carbocycles. The van der Waals surface area contributed by atoms with Gasteiger partial charge in [-0.1, -0.05) is 35.9 Å². The number of imide groups is 1. The Morgan fingerprint density at radius 2 is 1.61 bits per heavy atom. The van der Waals surface area contributed by atoms with Crippen molar-refractivity contribution in [3.8, 4) is 0 Å². The number of carboxylic acid groups (broad SMARTS) is 1. The fourth-order valence-corrected chi connectivity index (χ4v) is 4.58. The van der Waals surface area contributed by atoms with E-state index in [1.807, 2.05) is 0 Å². The van der Waals surface area contributed by atoms with Crippen LogP contribution < -0.4 is 9.96 Å². The lowest BCUT2D eigenvalue weighted by Gasteiger charge is -2.29. The van der Waals surface area contributed by atoms with Crippen molar-refractivity contribution in [2.24, 2.45) is 5.92 Å². The standard InChI is InChI=1S/C24H16ClFN2O5/c25-16-7-4-8-17(26)18(16)20-19-21(33-28(20)15-5-2-1-3-6-15)23(30)27(22(19)29)14-11-9-13(10-12-14)24(31)32/h1-12,19-21H,(H,31,32)/t19-,20-,21+/m0/s1. The summed E-state index contributed by atoms with van der Waals surface area (Å²) in [4.78, 5) is 44.8. The monoisotopic (exact) mass is 466 g/mol. The van der Waals surface area contributed by atoms with Crippen LogP contribution in [0, 0.1) is 11.7 Å². The zero-order valence-electron chi connectivity index (χ0n) is 16.9. The summed E-state index contributed by atoms with van der Waals surface area (Å²) < 4.78 is 15.0. The molecule has 0 spiro atoms. The van der Waals surface area contributed by atoms with Gasteiger partial charge in [-0.2, -0.15) is 0 Å². The fourth-order valence-electron chi connectivity index (χ4n) is 4.31. The molecule has 33 heavy (non-hydrogen) atoms. The maximum absolute atomic E-state index is 15.0. The maximum atomic E-state index is 15.0. The van der Waals surface area contributed by atoms with Crippen LogP contribution >= 0.6 is 11.6 Å². The topological polar surface area (TPSA) is 87.2 Å². The number of rotatable bonds is 4. The van der Waals surface area contributed by atoms with Crippen LogP contribution in [0.2, 0.25) is 5.02 Å². The summed E-state index contributed by atoms with van der Waals surface area (Å²) in [5.74, 6) is -4.03. The molecule has 2 heterocycles. The summed E-state index contributed by atoms with van der Waals surface area (Å²) in [5, 5.41) is 10.6. The molecule has 3 aromatic rings. The average molecular weight is 467 g/mol. The quantitative estimate of drug-likeness (QED) is 0.579. The molecule has 0 bridgehead atoms. The molecule has 2 fully saturated rings. The van der Waals surface area contributed by atoms with E-state index in [0.717, 1.165) is 4.90 Å². The second-order valence-electron chi connectivity index (χ2n) is 7.66. The van der Waals surface area contributed by atoms with E-state index in [-0.39, 0.29) is 21.8 Å². The number of hydrogen-bond donors (Lipinski definition) is 1. The number of fused-ring (bicyclic) bond motifs is 1. The molecule has 0 aromatic heterocycles. The zero-order valence-corrected chi connectivity index (χ0v) is 17.6. The third-order valence-corrected chi connectivity index (χ3v) is 6.12. The van der Waals surface area contributed by atoms with Crippen molar-refractivity contribution in [2.75, 3.05) is 9.96 Å². The molecule has 5 rings (SSSR count). The first kappa shape index (κ1) is 21.1. The molecule has 3 aromatic carbocycles. The highest BCUT2D eigenvalue weighted by Crippen LogP contribution is 2.49. The summed E-state index contributed by atoms with van der Waals surface area (Å²) >= 11 is 6.35. The Labute approximate surface area is 192 Å². The minimum atomic E-state index is -1.20. The number of benzene rings is 3. The van der Waals surface area contributed by atoms with Gasteiger partial charge in [-0.25, -0.2) is 19.1 Å². The molecule has 7 nitrogen and oxygen atoms in total. The molecule has 2 aliphatic rings. The summed E-state index contributed by atoms with van der Waals surface area (Å²) in [7, 11) is 0. The van der Waals surface area contributed by atoms with Crippen molar-refractivity contribution in [1.82, 2.24) is 0 Å². The summed E-state index contributed by atoms with van der Waals surface area (Å²) in [5.41, 5.74) is 0.812. The molecule has 0 saturated carbocycles. The van der Waals surface area contributed by atoms with Gasteiger partial charge in [0.05, 0.1) is 16.9 Å². The van der Waals surface area contributed by atoms with Crippen molar-refractivity contribution in [2.45, 2.75) is 12.1 Å². The van der Waals surface area contributed by atoms with Gasteiger partial charge in [0.15, 0.2) is 6.10 Å². The van der Waals surface area contributed by atoms with Crippen molar-refractivity contribution < 1.29 is 28.7 Å². The molecular weight excluding hydrogens is 451 g/mol. The molecule has 166 valence electrons. The number of carboxylic acids is 1. The average Bonchev–Trinajstić information content (AvgIpc) is 3.30. The summed E-state index contributed by atoms with van der Waals surface area (Å²) in [6.07, 6.45) is -1.20. The highest BCUT2D eigenvalue weighted by Gasteiger charge is 2.61. The maximum Gasteiger partial charge on any atom is 0.335 e. The predicted octanol–water partition coefficient (Wildman–Crippen LogP) is 4.23. The highest BCUT2D eigenvalue weighted by molar-refractivity contribution is 6.31. The molecule has 9 heteroatoms. The van der Waals surface area contributed by atoms with E-state index in [1.54, 1.807) is 30.3 Å². The highest BCUT2D eigenvalue weighted by atomic mass is 35.5. The lowest BCUT2D eigenvalue weighted by atomic mass is 9.90. The van der Waals surface area contributed by atoms with E-state index >= 15 is 0 Å². The number of carbonyl (C=O) groups excluding carboxylic acids is 2. The number of hydroxylamine groups is 1. The number of amides is 2. The van der Waals surface area contributed by atoms with E-state index in [0.29, 0.717) is 5.69 Å². The van der Waals surface area contributed by atoms with Gasteiger partial charge >= 0.3 is 5.97 Å². The zero-order chi connectivity index (χ0) is 23.3. The summed E-state index contributed by atoms with van der Waals surface area (Å²) in [6.45, 7) is 0. The number of carbonyl (C=O) groups is 3. The Kier molecular flexibility index (Phi) is 5.11. The van der Waals surface area contributed by atoms with E-state index in [4.69, 9.17) is 21.5 Å². The number of para-hydroxylation sites is 1. The second-order valence-corrected chi connectivity index (χ2v) is 8.06. The van der Waals surface area contributed by atoms with Gasteiger partial charge in [0.1, 0.15) is 17.8 Å². The third kappa shape index (κ3) is 3.35. The number of halogens is 2. The lowest BCUT2D eigenvalue weighted by Crippen LogP contribution is -2.37. The lowest BCUT2D eigenvalue weighted by molar-refractivity contribution is -0.126. The fraction of sp³-hybridized carbons (Fsp3) is 0.125. The second kappa shape index (κ2) is 7.99. The minimum absolute atomic E-state index is 0.0144. The van der Waals surface area contributed by atoms with Crippen LogP contribution in [-0.2, 0) is 14.4 Å². The van der Waals surface area contributed by atoms with Crippen molar-refractivity contribution in [3.05, 3.63) is 94.8 Å². The molecule has 0 unspecified atom stereocenters. The van der Waals surface area contributed by atoms with Gasteiger partial charge in [0, 0.05) is 10.6 Å². The molecule has 2 amide bonds. The van der Waals surface area contributed by atoms with Gasteiger partial charge in [0.25, 0.3) is 5.91 Å². The molecule has 2 aliphatic heterocycles. The van der Waals surface area contributed by atoms with Gasteiger partial charge in [-0.3, -0.25) is 14.4 Å². The van der Waals surface area contributed by atoms with Gasteiger partial charge < -0.3 is 5.11 Å². The van der Waals surface area contributed by atoms with E-state index in [9.17, 15) is 18.8 Å². The molecule has 0 radical (unpaired) electrons. The predicted molar refractivity (Wildman–Crippen MR) is 117 cm³/mol. The molecule has 1 N–H and O–H groups in total. The Bertz CT molecular complexity index is 1250. The van der Waals surface area contributed by atoms with Crippen molar-refractivity contribution in [3.63, 3.8) is 0 Å². The van der Waals surface area contributed by atoms with Crippen LogP contribution in [0.25, 0.3) is 0 Å². The number of anilines is 2. The Hall–Kier alpha value is -3.75. The van der Waals surface area contributed by atoms with E-state index < -0.39 is 41.7 Å². The van der Waals surface area contributed by atoms with Crippen LogP contribution in [-0.4, -0.2) is 29.0 Å². The first-order valence-corrected chi connectivity index (χ1v) is 10.4. The first-order valence-electron chi connectivity index (χ1n) is 10.0. The molecule has 2 saturated heterocycles. The Morgan fingerprint density at radius 3 is 2.24 bits per heavy atom. The van der Waals surface area contributed by atoms with Crippen LogP contribution in [0.3, 0.4) is 0 Å². The third-order valence-electron chi connectivity index (χ3n) is 5.79. The number of hydrogen-bond acceptors (Lipinski definition) is 5. The Balaban J connectivity index is 1.59. The number of nitrogens with zero attached hydrogens (tertiary/aromatic N) is 2. The first-order chi connectivity index (χ1) is 15.9. The van der Waals surface area contributed by atoms with Crippen molar-refractivity contribution in [1.29, 1.82) is 0 Å². The smallest absolute Gasteiger partial charge is 0.335 e. The SMILES string of the molecule is O=C(O)c1ccc(N2C(=O)[C@@H]3[C@@H](ON(c4ccccc4)[C@H]3c3c(F)cccc3Cl)C2=O)cc1.